The number of pyridine rings is 1. The Hall–Kier alpha value is -0.190. The Morgan fingerprint density at radius 1 is 1.38 bits per heavy atom. The average Bonchev–Trinajstić information content (AvgIpc) is 2.08. The largest absolute Gasteiger partial charge is 0.573 e. The van der Waals surface area contributed by atoms with Crippen LogP contribution in [-0.2, 0) is 0 Å². The SMILES string of the molecule is FC(F)c1c(OC(F)(F)F)cnc(Br)c1I. The first-order valence-corrected chi connectivity index (χ1v) is 5.47. The highest BCUT2D eigenvalue weighted by molar-refractivity contribution is 14.1. The molecule has 9 heteroatoms. The molecule has 0 fully saturated rings. The van der Waals surface area contributed by atoms with Gasteiger partial charge in [-0.2, -0.15) is 0 Å². The van der Waals surface area contributed by atoms with E-state index < -0.39 is 24.1 Å². The minimum absolute atomic E-state index is 0.0397. The molecule has 0 amide bonds. The zero-order valence-electron chi connectivity index (χ0n) is 7.16. The summed E-state index contributed by atoms with van der Waals surface area (Å²) in [6.45, 7) is 0. The maximum absolute atomic E-state index is 12.5. The van der Waals surface area contributed by atoms with Crippen LogP contribution in [0, 0.1) is 3.57 Å². The van der Waals surface area contributed by atoms with E-state index in [-0.39, 0.29) is 8.17 Å². The van der Waals surface area contributed by atoms with Crippen molar-refractivity contribution in [1.29, 1.82) is 0 Å². The molecule has 1 heterocycles. The highest BCUT2D eigenvalue weighted by atomic mass is 127. The first-order chi connectivity index (χ1) is 7.22. The van der Waals surface area contributed by atoms with Crippen LogP contribution in [0.3, 0.4) is 0 Å². The van der Waals surface area contributed by atoms with Crippen LogP contribution in [0.25, 0.3) is 0 Å². The second-order valence-corrected chi connectivity index (χ2v) is 4.32. The number of hydrogen-bond acceptors (Lipinski definition) is 2. The molecule has 0 spiro atoms. The van der Waals surface area contributed by atoms with Crippen molar-refractivity contribution in [2.75, 3.05) is 0 Å². The van der Waals surface area contributed by atoms with Crippen LogP contribution in [0.5, 0.6) is 5.75 Å². The summed E-state index contributed by atoms with van der Waals surface area (Å²) in [6, 6.07) is 0. The number of nitrogens with zero attached hydrogens (tertiary/aromatic N) is 1. The smallest absolute Gasteiger partial charge is 0.404 e. The molecule has 1 aromatic rings. The molecule has 0 unspecified atom stereocenters. The summed E-state index contributed by atoms with van der Waals surface area (Å²) in [4.78, 5) is 3.46. The van der Waals surface area contributed by atoms with Crippen molar-refractivity contribution in [3.8, 4) is 5.75 Å². The summed E-state index contributed by atoms with van der Waals surface area (Å²) >= 11 is 4.30. The third kappa shape index (κ3) is 3.40. The van der Waals surface area contributed by atoms with E-state index in [0.29, 0.717) is 6.20 Å². The van der Waals surface area contributed by atoms with Gasteiger partial charge in [0, 0.05) is 0 Å². The van der Waals surface area contributed by atoms with E-state index in [1.807, 2.05) is 0 Å². The second kappa shape index (κ2) is 4.98. The highest BCUT2D eigenvalue weighted by Gasteiger charge is 2.34. The average molecular weight is 418 g/mol. The molecule has 2 nitrogen and oxygen atoms in total. The summed E-state index contributed by atoms with van der Waals surface area (Å²) in [7, 11) is 0. The Bertz CT molecular complexity index is 397. The van der Waals surface area contributed by atoms with E-state index in [9.17, 15) is 22.0 Å². The number of rotatable bonds is 2. The van der Waals surface area contributed by atoms with E-state index in [1.54, 1.807) is 0 Å². The van der Waals surface area contributed by atoms with Crippen LogP contribution in [0.15, 0.2) is 10.8 Å². The van der Waals surface area contributed by atoms with Gasteiger partial charge in [0.05, 0.1) is 15.3 Å². The van der Waals surface area contributed by atoms with Crippen molar-refractivity contribution < 1.29 is 26.7 Å². The molecular weight excluding hydrogens is 416 g/mol. The van der Waals surface area contributed by atoms with Gasteiger partial charge >= 0.3 is 6.36 Å². The summed E-state index contributed by atoms with van der Waals surface area (Å²) < 4.78 is 64.2. The fourth-order valence-electron chi connectivity index (χ4n) is 0.870. The van der Waals surface area contributed by atoms with Crippen molar-refractivity contribution >= 4 is 38.5 Å². The number of alkyl halides is 5. The van der Waals surface area contributed by atoms with Gasteiger partial charge in [-0.15, -0.1) is 13.2 Å². The molecule has 90 valence electrons. The molecule has 0 saturated carbocycles. The van der Waals surface area contributed by atoms with Crippen LogP contribution in [0.1, 0.15) is 12.0 Å². The standard InChI is InChI=1S/C7H2BrF5INO/c8-5-4(14)3(6(9)10)2(1-15-5)16-7(11,12)13/h1,6H. The lowest BCUT2D eigenvalue weighted by Gasteiger charge is -2.14. The molecule has 0 radical (unpaired) electrons. The third-order valence-electron chi connectivity index (χ3n) is 1.42. The molecule has 0 aliphatic rings. The van der Waals surface area contributed by atoms with Crippen LogP contribution in [-0.4, -0.2) is 11.3 Å². The molecule has 0 bridgehead atoms. The molecular formula is C7H2BrF5INO. The molecule has 0 aromatic carbocycles. The minimum Gasteiger partial charge on any atom is -0.404 e. The molecule has 0 N–H and O–H groups in total. The maximum Gasteiger partial charge on any atom is 0.573 e. The lowest BCUT2D eigenvalue weighted by Crippen LogP contribution is -2.19. The quantitative estimate of drug-likeness (QED) is 0.407. The number of aromatic nitrogens is 1. The highest BCUT2D eigenvalue weighted by Crippen LogP contribution is 2.37. The molecule has 1 rings (SSSR count). The van der Waals surface area contributed by atoms with Crippen molar-refractivity contribution in [2.45, 2.75) is 12.8 Å². The van der Waals surface area contributed by atoms with Gasteiger partial charge in [-0.25, -0.2) is 13.8 Å². The van der Waals surface area contributed by atoms with Gasteiger partial charge in [0.2, 0.25) is 0 Å². The van der Waals surface area contributed by atoms with Crippen molar-refractivity contribution in [2.24, 2.45) is 0 Å². The summed E-state index contributed by atoms with van der Waals surface area (Å²) in [6.07, 6.45) is -7.51. The normalized spacial score (nSPS) is 12.0. The summed E-state index contributed by atoms with van der Waals surface area (Å²) in [5.74, 6) is -0.991. The van der Waals surface area contributed by atoms with Crippen molar-refractivity contribution in [3.05, 3.63) is 19.9 Å². The minimum atomic E-state index is -5.03. The van der Waals surface area contributed by atoms with Gasteiger partial charge in [0.15, 0.2) is 5.75 Å². The van der Waals surface area contributed by atoms with Gasteiger partial charge in [-0.3, -0.25) is 0 Å². The van der Waals surface area contributed by atoms with E-state index in [0.717, 1.165) is 0 Å². The van der Waals surface area contributed by atoms with Gasteiger partial charge in [-0.1, -0.05) is 0 Å². The topological polar surface area (TPSA) is 22.1 Å². The third-order valence-corrected chi connectivity index (χ3v) is 3.86. The lowest BCUT2D eigenvalue weighted by atomic mass is 10.2. The fourth-order valence-corrected chi connectivity index (χ4v) is 1.83. The Balaban J connectivity index is 3.24. The Kier molecular flexibility index (Phi) is 4.32. The van der Waals surface area contributed by atoms with E-state index in [2.05, 4.69) is 25.7 Å². The van der Waals surface area contributed by atoms with Crippen molar-refractivity contribution in [1.82, 2.24) is 4.98 Å². The van der Waals surface area contributed by atoms with E-state index >= 15 is 0 Å². The van der Waals surface area contributed by atoms with Gasteiger partial charge < -0.3 is 4.74 Å². The Morgan fingerprint density at radius 3 is 2.38 bits per heavy atom. The summed E-state index contributed by atoms with van der Waals surface area (Å²) in [5, 5.41) is 0. The molecule has 0 aliphatic heterocycles. The summed E-state index contributed by atoms with van der Waals surface area (Å²) in [5.41, 5.74) is -0.834. The zero-order valence-corrected chi connectivity index (χ0v) is 10.9. The van der Waals surface area contributed by atoms with Crippen LogP contribution >= 0.6 is 38.5 Å². The predicted molar refractivity (Wildman–Crippen MR) is 56.3 cm³/mol. The first-order valence-electron chi connectivity index (χ1n) is 3.60. The lowest BCUT2D eigenvalue weighted by molar-refractivity contribution is -0.275. The van der Waals surface area contributed by atoms with Crippen molar-refractivity contribution in [3.63, 3.8) is 0 Å². The number of halogens is 7. The molecule has 0 saturated heterocycles. The molecule has 0 atom stereocenters. The zero-order chi connectivity index (χ0) is 12.5. The predicted octanol–water partition coefficient (Wildman–Crippen LogP) is 4.28. The fraction of sp³-hybridized carbons (Fsp3) is 0.286. The monoisotopic (exact) mass is 417 g/mol. The Labute approximate surface area is 108 Å². The Morgan fingerprint density at radius 2 is 1.94 bits per heavy atom. The van der Waals surface area contributed by atoms with Crippen LogP contribution in [0.4, 0.5) is 22.0 Å². The number of hydrogen-bond donors (Lipinski definition) is 0. The van der Waals surface area contributed by atoms with Gasteiger partial charge in [0.1, 0.15) is 4.60 Å². The molecule has 1 aromatic heterocycles. The molecule has 0 aliphatic carbocycles. The van der Waals surface area contributed by atoms with Gasteiger partial charge in [0.25, 0.3) is 6.43 Å². The van der Waals surface area contributed by atoms with E-state index in [4.69, 9.17) is 0 Å². The van der Waals surface area contributed by atoms with E-state index in [1.165, 1.54) is 22.6 Å². The first kappa shape index (κ1) is 13.9. The maximum atomic E-state index is 12.5. The number of ether oxygens (including phenoxy) is 1. The van der Waals surface area contributed by atoms with Gasteiger partial charge in [-0.05, 0) is 38.5 Å². The van der Waals surface area contributed by atoms with Crippen LogP contribution < -0.4 is 4.74 Å². The second-order valence-electron chi connectivity index (χ2n) is 2.49. The van der Waals surface area contributed by atoms with Crippen LogP contribution in [0.2, 0.25) is 0 Å². The molecule has 16 heavy (non-hydrogen) atoms.